The third-order valence-corrected chi connectivity index (χ3v) is 5.73. The van der Waals surface area contributed by atoms with Crippen molar-refractivity contribution in [1.82, 2.24) is 19.6 Å². The monoisotopic (exact) mass is 334 g/mol. The van der Waals surface area contributed by atoms with Gasteiger partial charge in [0.2, 0.25) is 0 Å². The third-order valence-electron chi connectivity index (χ3n) is 5.73. The van der Waals surface area contributed by atoms with Gasteiger partial charge < -0.3 is 14.4 Å². The summed E-state index contributed by atoms with van der Waals surface area (Å²) in [6, 6.07) is 0.496. The summed E-state index contributed by atoms with van der Waals surface area (Å²) in [5.74, 6) is 0. The molecule has 0 bridgehead atoms. The first-order valence-corrected chi connectivity index (χ1v) is 9.47. The zero-order valence-electron chi connectivity index (χ0n) is 14.8. The van der Waals surface area contributed by atoms with Gasteiger partial charge in [-0.15, -0.1) is 0 Å². The van der Waals surface area contributed by atoms with Crippen LogP contribution in [0.2, 0.25) is 0 Å². The number of hydrogen-bond acceptors (Lipinski definition) is 5. The van der Waals surface area contributed by atoms with Crippen LogP contribution in [0.5, 0.6) is 0 Å². The van der Waals surface area contributed by atoms with Crippen molar-refractivity contribution in [2.24, 2.45) is 7.05 Å². The molecule has 3 fully saturated rings. The van der Waals surface area contributed by atoms with Gasteiger partial charge in [0.05, 0.1) is 31.6 Å². The Balaban J connectivity index is 1.29. The number of hydrogen-bond donors (Lipinski definition) is 0. The highest BCUT2D eigenvalue weighted by molar-refractivity contribution is 5.06. The Labute approximate surface area is 144 Å². The summed E-state index contributed by atoms with van der Waals surface area (Å²) < 4.78 is 14.2. The average Bonchev–Trinajstić information content (AvgIpc) is 3.30. The quantitative estimate of drug-likeness (QED) is 0.784. The molecule has 4 rings (SSSR count). The lowest BCUT2D eigenvalue weighted by Crippen LogP contribution is -2.51. The van der Waals surface area contributed by atoms with Crippen molar-refractivity contribution in [3.8, 4) is 0 Å². The molecular formula is C18H30N4O2. The Morgan fingerprint density at radius 3 is 2.92 bits per heavy atom. The van der Waals surface area contributed by atoms with Crippen LogP contribution in [0, 0.1) is 0 Å². The first kappa shape index (κ1) is 16.5. The van der Waals surface area contributed by atoms with Crippen molar-refractivity contribution in [3.05, 3.63) is 18.0 Å². The number of ether oxygens (including phenoxy) is 2. The molecule has 0 radical (unpaired) electrons. The van der Waals surface area contributed by atoms with Crippen molar-refractivity contribution in [1.29, 1.82) is 0 Å². The van der Waals surface area contributed by atoms with E-state index >= 15 is 0 Å². The number of likely N-dealkylation sites (tertiary alicyclic amines) is 1. The molecule has 0 unspecified atom stereocenters. The first-order valence-electron chi connectivity index (χ1n) is 9.47. The van der Waals surface area contributed by atoms with Gasteiger partial charge in [0.1, 0.15) is 0 Å². The van der Waals surface area contributed by atoms with E-state index in [9.17, 15) is 0 Å². The molecule has 1 aromatic heterocycles. The molecule has 6 nitrogen and oxygen atoms in total. The standard InChI is InChI=1S/C18H30N4O2/c1-20-13-15(12-19-20)14-22-9-11-24-18-16(22)4-5-17(18)23-10-8-21-6-2-3-7-21/h12-13,16-18H,2-11,14H2,1H3/t16-,17+,18+/m0/s1. The van der Waals surface area contributed by atoms with Gasteiger partial charge in [0, 0.05) is 44.5 Å². The Bertz CT molecular complexity index is 529. The number of fused-ring (bicyclic) bond motifs is 1. The highest BCUT2D eigenvalue weighted by Gasteiger charge is 2.43. The summed E-state index contributed by atoms with van der Waals surface area (Å²) in [6.07, 6.45) is 9.61. The van der Waals surface area contributed by atoms with E-state index in [4.69, 9.17) is 9.47 Å². The van der Waals surface area contributed by atoms with Crippen molar-refractivity contribution in [2.45, 2.75) is 50.5 Å². The van der Waals surface area contributed by atoms with E-state index in [0.29, 0.717) is 6.04 Å². The minimum atomic E-state index is 0.244. The topological polar surface area (TPSA) is 42.8 Å². The minimum Gasteiger partial charge on any atom is -0.374 e. The zero-order valence-corrected chi connectivity index (χ0v) is 14.8. The van der Waals surface area contributed by atoms with Crippen molar-refractivity contribution < 1.29 is 9.47 Å². The van der Waals surface area contributed by atoms with Crippen LogP contribution in [0.1, 0.15) is 31.2 Å². The molecule has 3 atom stereocenters. The number of aryl methyl sites for hydroxylation is 1. The number of nitrogens with zero attached hydrogens (tertiary/aromatic N) is 4. The fraction of sp³-hybridized carbons (Fsp3) is 0.833. The van der Waals surface area contributed by atoms with Gasteiger partial charge >= 0.3 is 0 Å². The molecule has 0 aromatic carbocycles. The fourth-order valence-corrected chi connectivity index (χ4v) is 4.49. The second kappa shape index (κ2) is 7.52. The lowest BCUT2D eigenvalue weighted by atomic mass is 10.1. The smallest absolute Gasteiger partial charge is 0.0992 e. The summed E-state index contributed by atoms with van der Waals surface area (Å²) in [5.41, 5.74) is 1.29. The molecule has 2 saturated heterocycles. The largest absolute Gasteiger partial charge is 0.374 e. The van der Waals surface area contributed by atoms with Crippen LogP contribution in [0.4, 0.5) is 0 Å². The molecular weight excluding hydrogens is 304 g/mol. The van der Waals surface area contributed by atoms with E-state index in [1.165, 1.54) is 37.9 Å². The number of rotatable bonds is 6. The van der Waals surface area contributed by atoms with Crippen LogP contribution in [0.25, 0.3) is 0 Å². The summed E-state index contributed by atoms with van der Waals surface area (Å²) in [7, 11) is 1.98. The van der Waals surface area contributed by atoms with Crippen LogP contribution >= 0.6 is 0 Å². The maximum Gasteiger partial charge on any atom is 0.0992 e. The van der Waals surface area contributed by atoms with Crippen LogP contribution in [0.3, 0.4) is 0 Å². The Kier molecular flexibility index (Phi) is 5.17. The second-order valence-electron chi connectivity index (χ2n) is 7.43. The molecule has 0 spiro atoms. The predicted molar refractivity (Wildman–Crippen MR) is 91.8 cm³/mol. The SMILES string of the molecule is Cn1cc(CN2CCO[C@H]3[C@H](OCCN4CCCC4)CC[C@@H]32)cn1. The van der Waals surface area contributed by atoms with Gasteiger partial charge in [-0.3, -0.25) is 9.58 Å². The first-order chi connectivity index (χ1) is 11.8. The zero-order chi connectivity index (χ0) is 16.4. The molecule has 1 aliphatic carbocycles. The van der Waals surface area contributed by atoms with Crippen LogP contribution in [-0.4, -0.2) is 77.2 Å². The van der Waals surface area contributed by atoms with E-state index in [2.05, 4.69) is 21.1 Å². The molecule has 1 saturated carbocycles. The predicted octanol–water partition coefficient (Wildman–Crippen LogP) is 1.26. The van der Waals surface area contributed by atoms with Crippen molar-refractivity contribution >= 4 is 0 Å². The van der Waals surface area contributed by atoms with Crippen molar-refractivity contribution in [2.75, 3.05) is 39.4 Å². The Hall–Kier alpha value is -0.950. The average molecular weight is 334 g/mol. The highest BCUT2D eigenvalue weighted by Crippen LogP contribution is 2.33. The third kappa shape index (κ3) is 3.67. The van der Waals surface area contributed by atoms with Gasteiger partial charge in [-0.1, -0.05) is 0 Å². The summed E-state index contributed by atoms with van der Waals surface area (Å²) in [6.45, 7) is 7.21. The fourth-order valence-electron chi connectivity index (χ4n) is 4.49. The molecule has 24 heavy (non-hydrogen) atoms. The van der Waals surface area contributed by atoms with E-state index in [-0.39, 0.29) is 12.2 Å². The van der Waals surface area contributed by atoms with Gasteiger partial charge in [0.25, 0.3) is 0 Å². The molecule has 2 aliphatic heterocycles. The molecule has 3 aliphatic rings. The normalized spacial score (nSPS) is 31.6. The highest BCUT2D eigenvalue weighted by atomic mass is 16.5. The van der Waals surface area contributed by atoms with E-state index < -0.39 is 0 Å². The molecule has 6 heteroatoms. The lowest BCUT2D eigenvalue weighted by Gasteiger charge is -2.39. The van der Waals surface area contributed by atoms with E-state index in [1.54, 1.807) is 0 Å². The minimum absolute atomic E-state index is 0.244. The van der Waals surface area contributed by atoms with E-state index in [1.807, 2.05) is 17.9 Å². The molecule has 1 aromatic rings. The second-order valence-corrected chi connectivity index (χ2v) is 7.43. The summed E-state index contributed by atoms with van der Waals surface area (Å²) in [4.78, 5) is 5.08. The molecule has 0 amide bonds. The summed E-state index contributed by atoms with van der Waals surface area (Å²) >= 11 is 0. The van der Waals surface area contributed by atoms with E-state index in [0.717, 1.165) is 39.3 Å². The Morgan fingerprint density at radius 1 is 1.25 bits per heavy atom. The maximum atomic E-state index is 6.23. The molecule has 0 N–H and O–H groups in total. The van der Waals surface area contributed by atoms with Crippen LogP contribution < -0.4 is 0 Å². The van der Waals surface area contributed by atoms with Crippen LogP contribution in [0.15, 0.2) is 12.4 Å². The lowest BCUT2D eigenvalue weighted by molar-refractivity contribution is -0.116. The van der Waals surface area contributed by atoms with Crippen molar-refractivity contribution in [3.63, 3.8) is 0 Å². The van der Waals surface area contributed by atoms with Crippen LogP contribution in [-0.2, 0) is 23.1 Å². The molecule has 134 valence electrons. The van der Waals surface area contributed by atoms with Gasteiger partial charge in [0.15, 0.2) is 0 Å². The van der Waals surface area contributed by atoms with Gasteiger partial charge in [-0.2, -0.15) is 5.10 Å². The Morgan fingerprint density at radius 2 is 2.12 bits per heavy atom. The van der Waals surface area contributed by atoms with Gasteiger partial charge in [-0.05, 0) is 38.8 Å². The molecule has 3 heterocycles. The summed E-state index contributed by atoms with van der Waals surface area (Å²) in [5, 5.41) is 4.29. The number of morpholine rings is 1. The van der Waals surface area contributed by atoms with Gasteiger partial charge in [-0.25, -0.2) is 0 Å². The number of aromatic nitrogens is 2. The maximum absolute atomic E-state index is 6.23.